The first-order valence-corrected chi connectivity index (χ1v) is 10.1. The third kappa shape index (κ3) is 3.92. The van der Waals surface area contributed by atoms with Gasteiger partial charge in [0.15, 0.2) is 12.0 Å². The van der Waals surface area contributed by atoms with E-state index in [-0.39, 0.29) is 6.23 Å². The lowest BCUT2D eigenvalue weighted by molar-refractivity contribution is 0.275. The summed E-state index contributed by atoms with van der Waals surface area (Å²) < 4.78 is 12.0. The first-order chi connectivity index (χ1) is 14.3. The van der Waals surface area contributed by atoms with E-state index in [0.717, 1.165) is 41.8 Å². The predicted molar refractivity (Wildman–Crippen MR) is 119 cm³/mol. The molecule has 2 aromatic carbocycles. The highest BCUT2D eigenvalue weighted by atomic mass is 16.5. The zero-order valence-corrected chi connectivity index (χ0v) is 16.9. The molecule has 0 radical (unpaired) electrons. The summed E-state index contributed by atoms with van der Waals surface area (Å²) in [4.78, 5) is 4.41. The van der Waals surface area contributed by atoms with E-state index in [1.54, 1.807) is 0 Å². The summed E-state index contributed by atoms with van der Waals surface area (Å²) in [5.74, 6) is 2.70. The molecule has 1 atom stereocenters. The molecule has 0 bridgehead atoms. The molecule has 0 amide bonds. The minimum absolute atomic E-state index is 0.0587. The molecule has 2 aliphatic heterocycles. The molecular formula is C25H26N2O2. The van der Waals surface area contributed by atoms with Gasteiger partial charge in [0.1, 0.15) is 5.75 Å². The van der Waals surface area contributed by atoms with Gasteiger partial charge in [-0.15, -0.1) is 0 Å². The Kier molecular flexibility index (Phi) is 5.71. The zero-order chi connectivity index (χ0) is 20.1. The lowest BCUT2D eigenvalue weighted by atomic mass is 10.3. The Hall–Kier alpha value is -3.40. The molecule has 29 heavy (non-hydrogen) atoms. The molecule has 2 heterocycles. The van der Waals surface area contributed by atoms with E-state index in [1.807, 2.05) is 72.9 Å². The monoisotopic (exact) mass is 386 g/mol. The molecule has 0 N–H and O–H groups in total. The van der Waals surface area contributed by atoms with Crippen molar-refractivity contribution in [1.82, 2.24) is 0 Å². The molecule has 2 aromatic rings. The third-order valence-corrected chi connectivity index (χ3v) is 4.98. The van der Waals surface area contributed by atoms with Crippen LogP contribution in [0.25, 0.3) is 0 Å². The normalized spacial score (nSPS) is 19.4. The van der Waals surface area contributed by atoms with E-state index in [9.17, 15) is 0 Å². The number of anilines is 2. The molecule has 0 saturated heterocycles. The lowest BCUT2D eigenvalue weighted by Gasteiger charge is -2.20. The average Bonchev–Trinajstić information content (AvgIpc) is 3.29. The molecule has 0 aromatic heterocycles. The van der Waals surface area contributed by atoms with Gasteiger partial charge in [0.05, 0.1) is 11.4 Å². The largest absolute Gasteiger partial charge is 0.465 e. The van der Waals surface area contributed by atoms with E-state index in [2.05, 4.69) is 41.9 Å². The van der Waals surface area contributed by atoms with Gasteiger partial charge in [-0.05, 0) is 50.3 Å². The van der Waals surface area contributed by atoms with Crippen LogP contribution < -0.4 is 19.3 Å². The summed E-state index contributed by atoms with van der Waals surface area (Å²) in [6, 6.07) is 16.3. The second kappa shape index (κ2) is 8.74. The van der Waals surface area contributed by atoms with Gasteiger partial charge in [-0.1, -0.05) is 54.6 Å². The fourth-order valence-corrected chi connectivity index (χ4v) is 3.61. The maximum absolute atomic E-state index is 6.02. The highest BCUT2D eigenvalue weighted by Crippen LogP contribution is 2.38. The van der Waals surface area contributed by atoms with Crippen molar-refractivity contribution in [2.75, 3.05) is 22.9 Å². The summed E-state index contributed by atoms with van der Waals surface area (Å²) in [5, 5.41) is 0. The summed E-state index contributed by atoms with van der Waals surface area (Å²) in [5.41, 5.74) is 2.27. The van der Waals surface area contributed by atoms with Crippen LogP contribution in [0.3, 0.4) is 0 Å². The number of ether oxygens (including phenoxy) is 2. The number of nitrogens with zero attached hydrogens (tertiary/aromatic N) is 2. The zero-order valence-electron chi connectivity index (χ0n) is 16.9. The summed E-state index contributed by atoms with van der Waals surface area (Å²) in [6.07, 6.45) is 14.0. The van der Waals surface area contributed by atoms with E-state index >= 15 is 0 Å². The van der Waals surface area contributed by atoms with Crippen molar-refractivity contribution in [3.8, 4) is 11.5 Å². The van der Waals surface area contributed by atoms with Crippen LogP contribution in [0.2, 0.25) is 0 Å². The van der Waals surface area contributed by atoms with Crippen molar-refractivity contribution in [3.63, 3.8) is 0 Å². The Morgan fingerprint density at radius 3 is 2.28 bits per heavy atom. The Bertz CT molecular complexity index is 974. The van der Waals surface area contributed by atoms with Crippen LogP contribution in [-0.2, 0) is 0 Å². The lowest BCUT2D eigenvalue weighted by Crippen LogP contribution is -2.32. The molecule has 0 fully saturated rings. The molecule has 0 saturated carbocycles. The highest BCUT2D eigenvalue weighted by molar-refractivity contribution is 5.66. The molecule has 4 rings (SSSR count). The molecule has 148 valence electrons. The Labute approximate surface area is 172 Å². The molecule has 4 nitrogen and oxygen atoms in total. The van der Waals surface area contributed by atoms with Crippen molar-refractivity contribution < 1.29 is 9.47 Å². The van der Waals surface area contributed by atoms with Crippen LogP contribution in [0.5, 0.6) is 11.5 Å². The van der Waals surface area contributed by atoms with Gasteiger partial charge < -0.3 is 19.3 Å². The number of rotatable bonds is 6. The molecule has 0 aliphatic carbocycles. The maximum atomic E-state index is 6.02. The molecular weight excluding hydrogens is 360 g/mol. The van der Waals surface area contributed by atoms with Crippen LogP contribution in [0.1, 0.15) is 13.8 Å². The van der Waals surface area contributed by atoms with Gasteiger partial charge in [0, 0.05) is 13.1 Å². The fourth-order valence-electron chi connectivity index (χ4n) is 3.61. The minimum atomic E-state index is -0.0587. The molecule has 0 spiro atoms. The Morgan fingerprint density at radius 2 is 1.48 bits per heavy atom. The number of allylic oxidation sites excluding steroid dienone is 6. The quantitative estimate of drug-likeness (QED) is 0.598. The Morgan fingerprint density at radius 1 is 0.793 bits per heavy atom. The highest BCUT2D eigenvalue weighted by Gasteiger charge is 2.27. The van der Waals surface area contributed by atoms with Gasteiger partial charge in [-0.25, -0.2) is 0 Å². The van der Waals surface area contributed by atoms with Gasteiger partial charge in [0.2, 0.25) is 5.88 Å². The summed E-state index contributed by atoms with van der Waals surface area (Å²) in [7, 11) is 0. The minimum Gasteiger partial charge on any atom is -0.465 e. The fraction of sp³-hybridized carbons (Fsp3) is 0.200. The van der Waals surface area contributed by atoms with E-state index in [0.29, 0.717) is 0 Å². The number of hydrogen-bond donors (Lipinski definition) is 0. The number of fused-ring (bicyclic) bond motifs is 2. The summed E-state index contributed by atoms with van der Waals surface area (Å²) >= 11 is 0. The van der Waals surface area contributed by atoms with Gasteiger partial charge in [-0.3, -0.25) is 0 Å². The van der Waals surface area contributed by atoms with E-state index in [1.165, 1.54) is 0 Å². The predicted octanol–water partition coefficient (Wildman–Crippen LogP) is 5.66. The van der Waals surface area contributed by atoms with Crippen molar-refractivity contribution in [3.05, 3.63) is 96.9 Å². The molecule has 1 unspecified atom stereocenters. The van der Waals surface area contributed by atoms with Gasteiger partial charge in [0.25, 0.3) is 0 Å². The van der Waals surface area contributed by atoms with Crippen LogP contribution >= 0.6 is 0 Å². The Balaban J connectivity index is 1.34. The van der Waals surface area contributed by atoms with Crippen LogP contribution in [0, 0.1) is 0 Å². The van der Waals surface area contributed by atoms with Gasteiger partial charge >= 0.3 is 0 Å². The van der Waals surface area contributed by atoms with Crippen molar-refractivity contribution in [2.24, 2.45) is 0 Å². The second-order valence-corrected chi connectivity index (χ2v) is 6.74. The van der Waals surface area contributed by atoms with E-state index in [4.69, 9.17) is 9.47 Å². The van der Waals surface area contributed by atoms with Crippen LogP contribution in [0.4, 0.5) is 11.4 Å². The average molecular weight is 386 g/mol. The maximum Gasteiger partial charge on any atom is 0.200 e. The number of para-hydroxylation sites is 4. The van der Waals surface area contributed by atoms with Crippen molar-refractivity contribution in [2.45, 2.75) is 20.1 Å². The topological polar surface area (TPSA) is 24.9 Å². The number of hydrogen-bond acceptors (Lipinski definition) is 4. The standard InChI is InChI=1S/C25H26N2O2/c1-3-26-20-14-10-12-16-22(20)28-24(26)18-8-6-5-7-9-19-25-27(4-2)21-15-11-13-17-23(21)29-25/h5-19,24H,3-4H2,1-2H3/b6-5+,9-7+,18-8+,25-19+. The number of benzene rings is 2. The first-order valence-electron chi connectivity index (χ1n) is 10.1. The van der Waals surface area contributed by atoms with E-state index < -0.39 is 0 Å². The molecule has 4 heteroatoms. The third-order valence-electron chi connectivity index (χ3n) is 4.98. The van der Waals surface area contributed by atoms with Crippen molar-refractivity contribution in [1.29, 1.82) is 0 Å². The molecule has 2 aliphatic rings. The van der Waals surface area contributed by atoms with Gasteiger partial charge in [-0.2, -0.15) is 0 Å². The smallest absolute Gasteiger partial charge is 0.200 e. The first kappa shape index (κ1) is 18.9. The second-order valence-electron chi connectivity index (χ2n) is 6.74. The summed E-state index contributed by atoms with van der Waals surface area (Å²) in [6.45, 7) is 6.03. The number of likely N-dealkylation sites (N-methyl/N-ethyl adjacent to an activating group) is 1. The van der Waals surface area contributed by atoms with Crippen molar-refractivity contribution >= 4 is 11.4 Å². The van der Waals surface area contributed by atoms with Crippen LogP contribution in [-0.4, -0.2) is 19.3 Å². The SMILES string of the molecule is CCN1\C(=C/C=C/C=C/C=C/C2Oc3ccccc3N2CC)Oc2ccccc21. The van der Waals surface area contributed by atoms with Crippen LogP contribution in [0.15, 0.2) is 96.9 Å².